The second-order valence-corrected chi connectivity index (χ2v) is 5.52. The molecule has 0 aliphatic heterocycles. The number of rotatable bonds is 2. The van der Waals surface area contributed by atoms with Crippen molar-refractivity contribution in [2.45, 2.75) is 36.3 Å². The first-order valence-electron chi connectivity index (χ1n) is 5.06. The molecule has 2 nitrogen and oxygen atoms in total. The molecule has 1 unspecified atom stereocenters. The maximum Gasteiger partial charge on any atom is 0.416 e. The number of hydrogen-bond donors (Lipinski definition) is 1. The van der Waals surface area contributed by atoms with Gasteiger partial charge in [-0.15, -0.1) is 0 Å². The van der Waals surface area contributed by atoms with Crippen LogP contribution in [0.15, 0.2) is 23.1 Å². The highest BCUT2D eigenvalue weighted by atomic mass is 32.2. The van der Waals surface area contributed by atoms with Crippen molar-refractivity contribution in [1.82, 2.24) is 0 Å². The molecule has 1 atom stereocenters. The van der Waals surface area contributed by atoms with Crippen LogP contribution in [-0.4, -0.2) is 8.76 Å². The van der Waals surface area contributed by atoms with Crippen molar-refractivity contribution in [1.29, 1.82) is 0 Å². The highest BCUT2D eigenvalue weighted by Crippen LogP contribution is 2.49. The predicted octanol–water partition coefficient (Wildman–Crippen LogP) is 3.34. The molecule has 1 N–H and O–H groups in total. The molecule has 1 aliphatic rings. The lowest BCUT2D eigenvalue weighted by Crippen LogP contribution is -2.10. The third-order valence-electron chi connectivity index (χ3n) is 3.13. The Hall–Kier alpha value is -0.880. The normalized spacial score (nSPS) is 20.1. The molecule has 0 heterocycles. The largest absolute Gasteiger partial charge is 0.416 e. The summed E-state index contributed by atoms with van der Waals surface area (Å²) in [5.74, 6) is 0. The standard InChI is InChI=1S/C11H11F3O2S/c1-10(2-3-10)7-4-8(11(12,13)14)6-9(5-7)17(15)16/h4-6H,2-3H2,1H3,(H,15,16). The minimum Gasteiger partial charge on any atom is -0.302 e. The summed E-state index contributed by atoms with van der Waals surface area (Å²) < 4.78 is 57.8. The van der Waals surface area contributed by atoms with E-state index in [-0.39, 0.29) is 10.3 Å². The molecule has 0 aromatic heterocycles. The Bertz CT molecular complexity index is 455. The Balaban J connectivity index is 2.54. The molecule has 1 fully saturated rings. The zero-order valence-electron chi connectivity index (χ0n) is 9.04. The molecule has 0 amide bonds. The van der Waals surface area contributed by atoms with Crippen molar-refractivity contribution in [2.75, 3.05) is 0 Å². The molecule has 2 rings (SSSR count). The Morgan fingerprint density at radius 3 is 2.29 bits per heavy atom. The van der Waals surface area contributed by atoms with Gasteiger partial charge in [-0.05, 0) is 42.0 Å². The van der Waals surface area contributed by atoms with Crippen LogP contribution >= 0.6 is 0 Å². The highest BCUT2D eigenvalue weighted by molar-refractivity contribution is 7.79. The van der Waals surface area contributed by atoms with E-state index in [9.17, 15) is 17.4 Å². The fraction of sp³-hybridized carbons (Fsp3) is 0.455. The topological polar surface area (TPSA) is 37.3 Å². The van der Waals surface area contributed by atoms with E-state index in [0.29, 0.717) is 5.56 Å². The van der Waals surface area contributed by atoms with Gasteiger partial charge in [-0.25, -0.2) is 4.21 Å². The first kappa shape index (κ1) is 12.6. The van der Waals surface area contributed by atoms with Crippen molar-refractivity contribution < 1.29 is 21.9 Å². The van der Waals surface area contributed by atoms with Crippen LogP contribution in [0.3, 0.4) is 0 Å². The summed E-state index contributed by atoms with van der Waals surface area (Å²) >= 11 is -2.39. The van der Waals surface area contributed by atoms with Gasteiger partial charge in [-0.1, -0.05) is 6.92 Å². The fourth-order valence-corrected chi connectivity index (χ4v) is 2.14. The molecule has 6 heteroatoms. The zero-order chi connectivity index (χ0) is 12.8. The van der Waals surface area contributed by atoms with Gasteiger partial charge in [-0.2, -0.15) is 13.2 Å². The van der Waals surface area contributed by atoms with Gasteiger partial charge in [0.2, 0.25) is 0 Å². The van der Waals surface area contributed by atoms with Crippen LogP contribution in [0, 0.1) is 0 Å². The van der Waals surface area contributed by atoms with Crippen LogP contribution in [0.5, 0.6) is 0 Å². The summed E-state index contributed by atoms with van der Waals surface area (Å²) in [6, 6.07) is 3.19. The second kappa shape index (κ2) is 3.81. The van der Waals surface area contributed by atoms with Gasteiger partial charge in [-0.3, -0.25) is 0 Å². The molecule has 1 aliphatic carbocycles. The molecule has 94 valence electrons. The van der Waals surface area contributed by atoms with Gasteiger partial charge in [0, 0.05) is 0 Å². The first-order valence-corrected chi connectivity index (χ1v) is 6.17. The van der Waals surface area contributed by atoms with Crippen LogP contribution in [0.1, 0.15) is 30.9 Å². The lowest BCUT2D eigenvalue weighted by molar-refractivity contribution is -0.137. The molecular weight excluding hydrogens is 253 g/mol. The van der Waals surface area contributed by atoms with Gasteiger partial charge >= 0.3 is 6.18 Å². The first-order chi connectivity index (χ1) is 7.72. The van der Waals surface area contributed by atoms with Gasteiger partial charge < -0.3 is 4.55 Å². The van der Waals surface area contributed by atoms with Crippen LogP contribution in [-0.2, 0) is 22.7 Å². The maximum atomic E-state index is 12.6. The summed E-state index contributed by atoms with van der Waals surface area (Å²) in [5.41, 5.74) is -0.639. The molecule has 17 heavy (non-hydrogen) atoms. The van der Waals surface area contributed by atoms with Gasteiger partial charge in [0.05, 0.1) is 10.5 Å². The molecular formula is C11H11F3O2S. The Kier molecular flexibility index (Phi) is 2.82. The molecule has 1 aromatic carbocycles. The van der Waals surface area contributed by atoms with Crippen molar-refractivity contribution >= 4 is 11.1 Å². The molecule has 0 spiro atoms. The van der Waals surface area contributed by atoms with Gasteiger partial charge in [0.25, 0.3) is 0 Å². The molecule has 0 saturated heterocycles. The van der Waals surface area contributed by atoms with E-state index < -0.39 is 22.8 Å². The van der Waals surface area contributed by atoms with Crippen molar-refractivity contribution in [3.63, 3.8) is 0 Å². The Morgan fingerprint density at radius 1 is 1.29 bits per heavy atom. The predicted molar refractivity (Wildman–Crippen MR) is 57.1 cm³/mol. The van der Waals surface area contributed by atoms with Crippen LogP contribution in [0.4, 0.5) is 13.2 Å². The van der Waals surface area contributed by atoms with Crippen LogP contribution in [0.2, 0.25) is 0 Å². The summed E-state index contributed by atoms with van der Waals surface area (Å²) in [5, 5.41) is 0. The van der Waals surface area contributed by atoms with E-state index in [1.165, 1.54) is 6.07 Å². The second-order valence-electron chi connectivity index (χ2n) is 4.55. The smallest absolute Gasteiger partial charge is 0.302 e. The molecule has 0 bridgehead atoms. The van der Waals surface area contributed by atoms with Crippen LogP contribution < -0.4 is 0 Å². The quantitative estimate of drug-likeness (QED) is 0.832. The minimum atomic E-state index is -4.49. The Morgan fingerprint density at radius 2 is 1.88 bits per heavy atom. The summed E-state index contributed by atoms with van der Waals surface area (Å²) in [6.07, 6.45) is -2.87. The van der Waals surface area contributed by atoms with Crippen molar-refractivity contribution in [3.8, 4) is 0 Å². The minimum absolute atomic E-state index is 0.192. The zero-order valence-corrected chi connectivity index (χ0v) is 9.86. The number of alkyl halides is 3. The Labute approximate surface area is 99.1 Å². The lowest BCUT2D eigenvalue weighted by Gasteiger charge is -2.14. The van der Waals surface area contributed by atoms with Gasteiger partial charge in [0.1, 0.15) is 0 Å². The highest BCUT2D eigenvalue weighted by Gasteiger charge is 2.41. The van der Waals surface area contributed by atoms with Gasteiger partial charge in [0.15, 0.2) is 11.1 Å². The average Bonchev–Trinajstić information content (AvgIpc) is 2.96. The van der Waals surface area contributed by atoms with E-state index in [1.807, 2.05) is 6.92 Å². The average molecular weight is 264 g/mol. The SMILES string of the molecule is CC1(c2cc(S(=O)O)cc(C(F)(F)F)c2)CC1. The molecule has 0 radical (unpaired) electrons. The third kappa shape index (κ3) is 2.52. The van der Waals surface area contributed by atoms with E-state index in [0.717, 1.165) is 25.0 Å². The van der Waals surface area contributed by atoms with Crippen molar-refractivity contribution in [2.24, 2.45) is 0 Å². The monoisotopic (exact) mass is 264 g/mol. The van der Waals surface area contributed by atoms with E-state index in [4.69, 9.17) is 4.55 Å². The number of benzene rings is 1. The third-order valence-corrected chi connectivity index (χ3v) is 3.77. The van der Waals surface area contributed by atoms with E-state index in [1.54, 1.807) is 0 Å². The van der Waals surface area contributed by atoms with E-state index in [2.05, 4.69) is 0 Å². The van der Waals surface area contributed by atoms with Crippen molar-refractivity contribution in [3.05, 3.63) is 29.3 Å². The lowest BCUT2D eigenvalue weighted by atomic mass is 9.96. The number of hydrogen-bond acceptors (Lipinski definition) is 1. The fourth-order valence-electron chi connectivity index (χ4n) is 1.69. The maximum absolute atomic E-state index is 12.6. The summed E-state index contributed by atoms with van der Waals surface area (Å²) in [6.45, 7) is 1.85. The van der Waals surface area contributed by atoms with E-state index >= 15 is 0 Å². The molecule has 1 aromatic rings. The summed E-state index contributed by atoms with van der Waals surface area (Å²) in [4.78, 5) is -0.192. The van der Waals surface area contributed by atoms with Crippen LogP contribution in [0.25, 0.3) is 0 Å². The number of halogens is 3. The summed E-state index contributed by atoms with van der Waals surface area (Å²) in [7, 11) is 0. The molecule has 1 saturated carbocycles.